The number of hydrogen-bond acceptors (Lipinski definition) is 4. The van der Waals surface area contributed by atoms with E-state index in [-0.39, 0.29) is 17.9 Å². The fourth-order valence-corrected chi connectivity index (χ4v) is 3.57. The van der Waals surface area contributed by atoms with E-state index in [4.69, 9.17) is 9.47 Å². The van der Waals surface area contributed by atoms with E-state index in [2.05, 4.69) is 6.58 Å². The molecule has 4 atom stereocenters. The molecule has 2 saturated carbocycles. The molecule has 0 radical (unpaired) electrons. The summed E-state index contributed by atoms with van der Waals surface area (Å²) in [4.78, 5) is 23.6. The average Bonchev–Trinajstić information content (AvgIpc) is 2.92. The third-order valence-corrected chi connectivity index (χ3v) is 4.49. The van der Waals surface area contributed by atoms with Crippen LogP contribution in [-0.2, 0) is 19.1 Å². The van der Waals surface area contributed by atoms with Gasteiger partial charge in [0.05, 0.1) is 12.5 Å². The van der Waals surface area contributed by atoms with E-state index in [1.165, 1.54) is 0 Å². The Labute approximate surface area is 126 Å². The van der Waals surface area contributed by atoms with Crippen LogP contribution < -0.4 is 0 Å². The number of esters is 2. The highest BCUT2D eigenvalue weighted by molar-refractivity contribution is 5.86. The van der Waals surface area contributed by atoms with Crippen LogP contribution in [0.25, 0.3) is 0 Å². The van der Waals surface area contributed by atoms with Gasteiger partial charge >= 0.3 is 11.9 Å². The van der Waals surface area contributed by atoms with Gasteiger partial charge in [-0.1, -0.05) is 6.58 Å². The Bertz CT molecular complexity index is 446. The van der Waals surface area contributed by atoms with Gasteiger partial charge in [-0.3, -0.25) is 4.79 Å². The summed E-state index contributed by atoms with van der Waals surface area (Å²) in [6.07, 6.45) is 2.88. The molecule has 2 rings (SSSR count). The topological polar surface area (TPSA) is 52.6 Å². The summed E-state index contributed by atoms with van der Waals surface area (Å²) in [7, 11) is 0. The van der Waals surface area contributed by atoms with Gasteiger partial charge in [0.1, 0.15) is 5.60 Å². The molecule has 0 amide bonds. The van der Waals surface area contributed by atoms with E-state index in [1.807, 2.05) is 20.8 Å². The second-order valence-electron chi connectivity index (χ2n) is 7.51. The lowest BCUT2D eigenvalue weighted by atomic mass is 9.82. The molecule has 2 fully saturated rings. The van der Waals surface area contributed by atoms with E-state index >= 15 is 0 Å². The Kier molecular flexibility index (Phi) is 4.45. The largest absolute Gasteiger partial charge is 0.462 e. The predicted molar refractivity (Wildman–Crippen MR) is 79.4 cm³/mol. The van der Waals surface area contributed by atoms with Gasteiger partial charge < -0.3 is 9.47 Å². The van der Waals surface area contributed by atoms with Crippen LogP contribution >= 0.6 is 0 Å². The maximum atomic E-state index is 12.2. The highest BCUT2D eigenvalue weighted by Gasteiger charge is 2.49. The second-order valence-corrected chi connectivity index (χ2v) is 7.51. The first-order valence-electron chi connectivity index (χ1n) is 7.73. The van der Waals surface area contributed by atoms with E-state index in [1.54, 1.807) is 6.92 Å². The van der Waals surface area contributed by atoms with Crippen molar-refractivity contribution >= 4 is 11.9 Å². The van der Waals surface area contributed by atoms with Crippen molar-refractivity contribution in [1.82, 2.24) is 0 Å². The maximum Gasteiger partial charge on any atom is 0.333 e. The van der Waals surface area contributed by atoms with Crippen molar-refractivity contribution in [2.24, 2.45) is 23.7 Å². The van der Waals surface area contributed by atoms with Crippen molar-refractivity contribution < 1.29 is 19.1 Å². The van der Waals surface area contributed by atoms with Crippen LogP contribution in [0.3, 0.4) is 0 Å². The molecular formula is C17H26O4. The molecule has 118 valence electrons. The summed E-state index contributed by atoms with van der Waals surface area (Å²) < 4.78 is 10.8. The van der Waals surface area contributed by atoms with Gasteiger partial charge in [0.2, 0.25) is 0 Å². The average molecular weight is 294 g/mol. The summed E-state index contributed by atoms with van der Waals surface area (Å²) in [6.45, 7) is 11.4. The SMILES string of the molecule is C=C(C)C(=O)OCC1CC2CC1CC2C(=O)OC(C)(C)C. The van der Waals surface area contributed by atoms with Crippen molar-refractivity contribution in [2.75, 3.05) is 6.61 Å². The highest BCUT2D eigenvalue weighted by atomic mass is 16.6. The van der Waals surface area contributed by atoms with E-state index < -0.39 is 5.60 Å². The number of ether oxygens (including phenoxy) is 2. The molecule has 2 bridgehead atoms. The zero-order valence-electron chi connectivity index (χ0n) is 13.5. The molecule has 4 unspecified atom stereocenters. The standard InChI is InChI=1S/C17H26O4/c1-10(2)15(18)20-9-13-7-12-6-11(13)8-14(12)16(19)21-17(3,4)5/h11-14H,1,6-9H2,2-5H3. The smallest absolute Gasteiger partial charge is 0.333 e. The minimum atomic E-state index is -0.421. The van der Waals surface area contributed by atoms with Crippen molar-refractivity contribution in [3.63, 3.8) is 0 Å². The molecule has 0 aromatic rings. The molecule has 0 saturated heterocycles. The van der Waals surface area contributed by atoms with E-state index in [0.717, 1.165) is 19.3 Å². The third-order valence-electron chi connectivity index (χ3n) is 4.49. The molecule has 0 spiro atoms. The third kappa shape index (κ3) is 3.86. The van der Waals surface area contributed by atoms with Gasteiger partial charge in [-0.15, -0.1) is 0 Å². The van der Waals surface area contributed by atoms with Crippen LogP contribution in [0.2, 0.25) is 0 Å². The minimum Gasteiger partial charge on any atom is -0.462 e. The summed E-state index contributed by atoms with van der Waals surface area (Å²) >= 11 is 0. The van der Waals surface area contributed by atoms with Crippen LogP contribution in [0.4, 0.5) is 0 Å². The lowest BCUT2D eigenvalue weighted by molar-refractivity contribution is -0.162. The van der Waals surface area contributed by atoms with Crippen LogP contribution in [0, 0.1) is 23.7 Å². The highest BCUT2D eigenvalue weighted by Crippen LogP contribution is 2.52. The van der Waals surface area contributed by atoms with Crippen molar-refractivity contribution in [3.8, 4) is 0 Å². The van der Waals surface area contributed by atoms with Crippen molar-refractivity contribution in [1.29, 1.82) is 0 Å². The number of hydrogen-bond donors (Lipinski definition) is 0. The Morgan fingerprint density at radius 1 is 1.14 bits per heavy atom. The van der Waals surface area contributed by atoms with Gasteiger partial charge in [-0.25, -0.2) is 4.79 Å². The first-order valence-corrected chi connectivity index (χ1v) is 7.73. The van der Waals surface area contributed by atoms with Crippen LogP contribution in [0.5, 0.6) is 0 Å². The van der Waals surface area contributed by atoms with E-state index in [9.17, 15) is 9.59 Å². The molecule has 0 aromatic carbocycles. The summed E-state index contributed by atoms with van der Waals surface area (Å²) in [5.41, 5.74) is 0.0137. The van der Waals surface area contributed by atoms with Crippen molar-refractivity contribution in [3.05, 3.63) is 12.2 Å². The van der Waals surface area contributed by atoms with Gasteiger partial charge in [0.25, 0.3) is 0 Å². The quantitative estimate of drug-likeness (QED) is 0.590. The normalized spacial score (nSPS) is 31.0. The van der Waals surface area contributed by atoms with Crippen LogP contribution in [-0.4, -0.2) is 24.1 Å². The first kappa shape index (κ1) is 16.1. The summed E-state index contributed by atoms with van der Waals surface area (Å²) in [6, 6.07) is 0. The molecule has 2 aliphatic rings. The zero-order chi connectivity index (χ0) is 15.8. The monoisotopic (exact) mass is 294 g/mol. The molecule has 0 aliphatic heterocycles. The van der Waals surface area contributed by atoms with Crippen LogP contribution in [0.15, 0.2) is 12.2 Å². The van der Waals surface area contributed by atoms with Gasteiger partial charge in [0, 0.05) is 5.57 Å². The Hall–Kier alpha value is -1.32. The Morgan fingerprint density at radius 3 is 2.29 bits per heavy atom. The first-order chi connectivity index (χ1) is 9.67. The molecule has 4 nitrogen and oxygen atoms in total. The number of carbonyl (C=O) groups excluding carboxylic acids is 2. The molecule has 21 heavy (non-hydrogen) atoms. The molecule has 2 aliphatic carbocycles. The molecule has 0 heterocycles. The van der Waals surface area contributed by atoms with Gasteiger partial charge in [-0.2, -0.15) is 0 Å². The predicted octanol–water partition coefficient (Wildman–Crippen LogP) is 3.11. The van der Waals surface area contributed by atoms with Crippen LogP contribution in [0.1, 0.15) is 47.0 Å². The Morgan fingerprint density at radius 2 is 1.81 bits per heavy atom. The second kappa shape index (κ2) is 5.82. The number of rotatable bonds is 4. The van der Waals surface area contributed by atoms with E-state index in [0.29, 0.717) is 29.9 Å². The minimum absolute atomic E-state index is 0.0299. The summed E-state index contributed by atoms with van der Waals surface area (Å²) in [5.74, 6) is 0.900. The number of fused-ring (bicyclic) bond motifs is 2. The fourth-order valence-electron chi connectivity index (χ4n) is 3.57. The number of carbonyl (C=O) groups is 2. The lowest BCUT2D eigenvalue weighted by Gasteiger charge is -2.29. The fraction of sp³-hybridized carbons (Fsp3) is 0.765. The lowest BCUT2D eigenvalue weighted by Crippen LogP contribution is -2.33. The molecule has 0 N–H and O–H groups in total. The Balaban J connectivity index is 1.83. The molecule has 4 heteroatoms. The summed E-state index contributed by atoms with van der Waals surface area (Å²) in [5, 5.41) is 0. The maximum absolute atomic E-state index is 12.2. The zero-order valence-corrected chi connectivity index (χ0v) is 13.5. The van der Waals surface area contributed by atoms with Gasteiger partial charge in [0.15, 0.2) is 0 Å². The van der Waals surface area contributed by atoms with Gasteiger partial charge in [-0.05, 0) is 64.7 Å². The molecule has 0 aromatic heterocycles. The molecular weight excluding hydrogens is 268 g/mol. The van der Waals surface area contributed by atoms with Crippen molar-refractivity contribution in [2.45, 2.75) is 52.6 Å².